The zero-order valence-corrected chi connectivity index (χ0v) is 12.7. The summed E-state index contributed by atoms with van der Waals surface area (Å²) >= 11 is 0. The van der Waals surface area contributed by atoms with Crippen molar-refractivity contribution in [3.8, 4) is 0 Å². The van der Waals surface area contributed by atoms with Gasteiger partial charge in [0.15, 0.2) is 0 Å². The second kappa shape index (κ2) is 5.01. The van der Waals surface area contributed by atoms with Crippen LogP contribution >= 0.6 is 0 Å². The molecule has 1 heterocycles. The molecule has 5 unspecified atom stereocenters. The lowest BCUT2D eigenvalue weighted by Crippen LogP contribution is -2.50. The van der Waals surface area contributed by atoms with Crippen LogP contribution in [0.1, 0.15) is 51.9 Å². The van der Waals surface area contributed by atoms with Crippen molar-refractivity contribution < 1.29 is 4.79 Å². The lowest BCUT2D eigenvalue weighted by Gasteiger charge is -2.38. The molecule has 1 aliphatic heterocycles. The van der Waals surface area contributed by atoms with Crippen LogP contribution < -0.4 is 5.32 Å². The standard InChI is InChI=1S/C17H28N2O/c1-11(20)19-7-5-13(6-8-19)18-17-10-12-9-16(17)15-4-2-3-14(12)15/h12-18H,2-10H2,1H3. The summed E-state index contributed by atoms with van der Waals surface area (Å²) in [5, 5.41) is 3.98. The van der Waals surface area contributed by atoms with Gasteiger partial charge in [0.1, 0.15) is 0 Å². The number of nitrogens with one attached hydrogen (secondary N) is 1. The van der Waals surface area contributed by atoms with Crippen LogP contribution in [-0.4, -0.2) is 36.0 Å². The molecule has 0 aromatic heterocycles. The fraction of sp³-hybridized carbons (Fsp3) is 0.941. The number of fused-ring (bicyclic) bond motifs is 5. The van der Waals surface area contributed by atoms with Gasteiger partial charge in [-0.2, -0.15) is 0 Å². The van der Waals surface area contributed by atoms with E-state index in [1.807, 2.05) is 4.90 Å². The van der Waals surface area contributed by atoms with Crippen LogP contribution in [0.3, 0.4) is 0 Å². The van der Waals surface area contributed by atoms with Crippen LogP contribution in [0, 0.1) is 23.7 Å². The molecule has 4 rings (SSSR count). The fourth-order valence-electron chi connectivity index (χ4n) is 5.92. The second-order valence-corrected chi connectivity index (χ2v) is 7.71. The Morgan fingerprint density at radius 1 is 1.00 bits per heavy atom. The smallest absolute Gasteiger partial charge is 0.219 e. The SMILES string of the molecule is CC(=O)N1CCC(NC2CC3CC2C2CCCC32)CC1. The summed E-state index contributed by atoms with van der Waals surface area (Å²) in [6.45, 7) is 3.61. The number of rotatable bonds is 2. The number of amides is 1. The minimum absolute atomic E-state index is 0.247. The molecule has 0 radical (unpaired) electrons. The quantitative estimate of drug-likeness (QED) is 0.840. The molecule has 0 aromatic carbocycles. The number of carbonyl (C=O) groups excluding carboxylic acids is 1. The normalized spacial score (nSPS) is 44.0. The van der Waals surface area contributed by atoms with Crippen molar-refractivity contribution in [3.63, 3.8) is 0 Å². The van der Waals surface area contributed by atoms with Gasteiger partial charge in [-0.15, -0.1) is 0 Å². The Balaban J connectivity index is 1.32. The van der Waals surface area contributed by atoms with Crippen LogP contribution in [0.5, 0.6) is 0 Å². The number of nitrogens with zero attached hydrogens (tertiary/aromatic N) is 1. The van der Waals surface area contributed by atoms with Gasteiger partial charge in [0.05, 0.1) is 0 Å². The maximum atomic E-state index is 11.4. The molecule has 3 nitrogen and oxygen atoms in total. The van der Waals surface area contributed by atoms with E-state index in [2.05, 4.69) is 5.32 Å². The zero-order valence-electron chi connectivity index (χ0n) is 12.7. The Kier molecular flexibility index (Phi) is 3.29. The Bertz CT molecular complexity index is 388. The Labute approximate surface area is 122 Å². The maximum Gasteiger partial charge on any atom is 0.219 e. The van der Waals surface area contributed by atoms with Crippen LogP contribution in [-0.2, 0) is 4.79 Å². The highest BCUT2D eigenvalue weighted by molar-refractivity contribution is 5.73. The van der Waals surface area contributed by atoms with E-state index in [0.717, 1.165) is 55.6 Å². The summed E-state index contributed by atoms with van der Waals surface area (Å²) in [7, 11) is 0. The third-order valence-electron chi connectivity index (χ3n) is 6.82. The highest BCUT2D eigenvalue weighted by Crippen LogP contribution is 2.58. The average molecular weight is 276 g/mol. The van der Waals surface area contributed by atoms with E-state index in [0.29, 0.717) is 6.04 Å². The van der Waals surface area contributed by atoms with Gasteiger partial charge in [0.2, 0.25) is 5.91 Å². The predicted octanol–water partition coefficient (Wildman–Crippen LogP) is 2.41. The largest absolute Gasteiger partial charge is 0.343 e. The second-order valence-electron chi connectivity index (χ2n) is 7.71. The van der Waals surface area contributed by atoms with Gasteiger partial charge >= 0.3 is 0 Å². The van der Waals surface area contributed by atoms with Gasteiger partial charge in [0.25, 0.3) is 0 Å². The van der Waals surface area contributed by atoms with Crippen molar-refractivity contribution in [3.05, 3.63) is 0 Å². The molecule has 0 spiro atoms. The lowest BCUT2D eigenvalue weighted by atomic mass is 9.78. The molecule has 0 aromatic rings. The molecule has 112 valence electrons. The van der Waals surface area contributed by atoms with E-state index in [4.69, 9.17) is 0 Å². The third-order valence-corrected chi connectivity index (χ3v) is 6.82. The molecule has 5 atom stereocenters. The molecule has 3 aliphatic carbocycles. The van der Waals surface area contributed by atoms with Crippen molar-refractivity contribution in [1.82, 2.24) is 10.2 Å². The van der Waals surface area contributed by atoms with Crippen molar-refractivity contribution in [1.29, 1.82) is 0 Å². The summed E-state index contributed by atoms with van der Waals surface area (Å²) in [6, 6.07) is 1.46. The van der Waals surface area contributed by atoms with Crippen LogP contribution in [0.15, 0.2) is 0 Å². The van der Waals surface area contributed by atoms with Gasteiger partial charge in [0, 0.05) is 32.1 Å². The molecule has 1 amide bonds. The topological polar surface area (TPSA) is 32.3 Å². The summed E-state index contributed by atoms with van der Waals surface area (Å²) < 4.78 is 0. The van der Waals surface area contributed by atoms with E-state index >= 15 is 0 Å². The fourth-order valence-corrected chi connectivity index (χ4v) is 5.92. The average Bonchev–Trinajstić information content (AvgIpc) is 3.11. The molecule has 20 heavy (non-hydrogen) atoms. The molecule has 2 bridgehead atoms. The van der Waals surface area contributed by atoms with E-state index in [-0.39, 0.29) is 5.91 Å². The Morgan fingerprint density at radius 3 is 2.50 bits per heavy atom. The number of hydrogen-bond acceptors (Lipinski definition) is 2. The monoisotopic (exact) mass is 276 g/mol. The summed E-state index contributed by atoms with van der Waals surface area (Å²) in [5.41, 5.74) is 0. The first-order valence-corrected chi connectivity index (χ1v) is 8.74. The number of likely N-dealkylation sites (tertiary alicyclic amines) is 1. The maximum absolute atomic E-state index is 11.4. The van der Waals surface area contributed by atoms with E-state index in [9.17, 15) is 4.79 Å². The molecular formula is C17H28N2O. The molecule has 1 N–H and O–H groups in total. The first kappa shape index (κ1) is 13.1. The van der Waals surface area contributed by atoms with Gasteiger partial charge < -0.3 is 10.2 Å². The summed E-state index contributed by atoms with van der Waals surface area (Å²) in [4.78, 5) is 13.4. The van der Waals surface area contributed by atoms with Crippen molar-refractivity contribution in [2.24, 2.45) is 23.7 Å². The van der Waals surface area contributed by atoms with Crippen molar-refractivity contribution >= 4 is 5.91 Å². The lowest BCUT2D eigenvalue weighted by molar-refractivity contribution is -0.129. The number of carbonyl (C=O) groups is 1. The number of piperidine rings is 1. The minimum Gasteiger partial charge on any atom is -0.343 e. The van der Waals surface area contributed by atoms with Crippen LogP contribution in [0.4, 0.5) is 0 Å². The van der Waals surface area contributed by atoms with E-state index in [1.54, 1.807) is 6.92 Å². The molecular weight excluding hydrogens is 248 g/mol. The van der Waals surface area contributed by atoms with Crippen LogP contribution in [0.25, 0.3) is 0 Å². The molecule has 4 fully saturated rings. The van der Waals surface area contributed by atoms with Crippen LogP contribution in [0.2, 0.25) is 0 Å². The minimum atomic E-state index is 0.247. The predicted molar refractivity (Wildman–Crippen MR) is 79.2 cm³/mol. The molecule has 1 saturated heterocycles. The van der Waals surface area contributed by atoms with E-state index in [1.165, 1.54) is 32.1 Å². The van der Waals surface area contributed by atoms with Gasteiger partial charge in [-0.25, -0.2) is 0 Å². The third kappa shape index (κ3) is 2.09. The van der Waals surface area contributed by atoms with Gasteiger partial charge in [-0.05, 0) is 62.2 Å². The van der Waals surface area contributed by atoms with Crippen molar-refractivity contribution in [2.45, 2.75) is 64.0 Å². The van der Waals surface area contributed by atoms with Gasteiger partial charge in [-0.1, -0.05) is 6.42 Å². The van der Waals surface area contributed by atoms with Crippen molar-refractivity contribution in [2.75, 3.05) is 13.1 Å². The Hall–Kier alpha value is -0.570. The Morgan fingerprint density at radius 2 is 1.75 bits per heavy atom. The summed E-state index contributed by atoms with van der Waals surface area (Å²) in [6.07, 6.45) is 9.79. The van der Waals surface area contributed by atoms with E-state index < -0.39 is 0 Å². The molecule has 3 saturated carbocycles. The molecule has 4 aliphatic rings. The summed E-state index contributed by atoms with van der Waals surface area (Å²) in [5.74, 6) is 4.43. The first-order chi connectivity index (χ1) is 9.72. The molecule has 3 heteroatoms. The highest BCUT2D eigenvalue weighted by atomic mass is 16.2. The first-order valence-electron chi connectivity index (χ1n) is 8.74. The number of hydrogen-bond donors (Lipinski definition) is 1. The van der Waals surface area contributed by atoms with Gasteiger partial charge in [-0.3, -0.25) is 4.79 Å². The highest BCUT2D eigenvalue weighted by Gasteiger charge is 2.53. The zero-order chi connectivity index (χ0) is 13.7.